The number of rotatable bonds is 4. The predicted molar refractivity (Wildman–Crippen MR) is 51.3 cm³/mol. The van der Waals surface area contributed by atoms with E-state index in [9.17, 15) is 9.59 Å². The Balaban J connectivity index is 4.18. The van der Waals surface area contributed by atoms with E-state index in [-0.39, 0.29) is 11.1 Å². The van der Waals surface area contributed by atoms with Crippen LogP contribution in [-0.2, 0) is 19.1 Å². The van der Waals surface area contributed by atoms with Crippen molar-refractivity contribution in [2.24, 2.45) is 0 Å². The van der Waals surface area contributed by atoms with E-state index in [0.29, 0.717) is 6.61 Å². The Kier molecular flexibility index (Phi) is 5.29. The van der Waals surface area contributed by atoms with Crippen molar-refractivity contribution < 1.29 is 19.1 Å². The third kappa shape index (κ3) is 4.45. The van der Waals surface area contributed by atoms with Crippen molar-refractivity contribution in [3.8, 4) is 0 Å². The molecule has 0 aromatic heterocycles. The first-order chi connectivity index (χ1) is 6.49. The number of ether oxygens (including phenoxy) is 2. The highest BCUT2D eigenvalue weighted by Gasteiger charge is 2.06. The van der Waals surface area contributed by atoms with E-state index in [4.69, 9.17) is 0 Å². The lowest BCUT2D eigenvalue weighted by atomic mass is 10.3. The van der Waals surface area contributed by atoms with Crippen LogP contribution >= 0.6 is 0 Å². The summed E-state index contributed by atoms with van der Waals surface area (Å²) in [5.74, 6) is -1.06. The molecule has 4 heteroatoms. The van der Waals surface area contributed by atoms with E-state index < -0.39 is 11.9 Å². The summed E-state index contributed by atoms with van der Waals surface area (Å²) in [7, 11) is 0. The zero-order valence-electron chi connectivity index (χ0n) is 8.62. The summed E-state index contributed by atoms with van der Waals surface area (Å²) in [6.45, 7) is 8.41. The molecule has 0 aromatic carbocycles. The van der Waals surface area contributed by atoms with Gasteiger partial charge in [0, 0.05) is 5.57 Å². The number of hydrogen-bond acceptors (Lipinski definition) is 4. The standard InChI is InChI=1S/C10H14O4/c1-5-13-10(12)8(4)6-14-9(11)7(2)3/h6H,2,5H2,1,3-4H3. The quantitative estimate of drug-likeness (QED) is 0.391. The molecule has 4 nitrogen and oxygen atoms in total. The maximum atomic E-state index is 11.0. The van der Waals surface area contributed by atoms with Crippen LogP contribution in [0.1, 0.15) is 20.8 Å². The summed E-state index contributed by atoms with van der Waals surface area (Å²) in [6, 6.07) is 0. The number of hydrogen-bond donors (Lipinski definition) is 0. The lowest BCUT2D eigenvalue weighted by Crippen LogP contribution is -2.07. The zero-order chi connectivity index (χ0) is 11.1. The first kappa shape index (κ1) is 12.4. The topological polar surface area (TPSA) is 52.6 Å². The first-order valence-corrected chi connectivity index (χ1v) is 4.19. The van der Waals surface area contributed by atoms with Crippen molar-refractivity contribution in [2.45, 2.75) is 20.8 Å². The van der Waals surface area contributed by atoms with Crippen molar-refractivity contribution >= 4 is 11.9 Å². The minimum Gasteiger partial charge on any atom is -0.463 e. The molecule has 0 rings (SSSR count). The van der Waals surface area contributed by atoms with Gasteiger partial charge >= 0.3 is 11.9 Å². The van der Waals surface area contributed by atoms with Gasteiger partial charge in [0.25, 0.3) is 0 Å². The summed E-state index contributed by atoms with van der Waals surface area (Å²) in [5.41, 5.74) is 0.513. The SMILES string of the molecule is C=C(C)C(=O)OC=C(C)C(=O)OCC. The molecule has 0 N–H and O–H groups in total. The molecular formula is C10H14O4. The molecule has 78 valence electrons. The molecule has 0 saturated carbocycles. The van der Waals surface area contributed by atoms with Crippen LogP contribution in [-0.4, -0.2) is 18.5 Å². The Labute approximate surface area is 83.2 Å². The van der Waals surface area contributed by atoms with Crippen LogP contribution < -0.4 is 0 Å². The fourth-order valence-electron chi connectivity index (χ4n) is 0.536. The highest BCUT2D eigenvalue weighted by Crippen LogP contribution is 1.99. The van der Waals surface area contributed by atoms with E-state index in [1.54, 1.807) is 6.92 Å². The maximum Gasteiger partial charge on any atom is 0.337 e. The molecule has 14 heavy (non-hydrogen) atoms. The van der Waals surface area contributed by atoms with Crippen molar-refractivity contribution in [1.29, 1.82) is 0 Å². The van der Waals surface area contributed by atoms with Gasteiger partial charge in [-0.25, -0.2) is 9.59 Å². The van der Waals surface area contributed by atoms with Gasteiger partial charge in [0.1, 0.15) is 6.26 Å². The monoisotopic (exact) mass is 198 g/mol. The van der Waals surface area contributed by atoms with Gasteiger partial charge in [0.15, 0.2) is 0 Å². The second-order valence-corrected chi connectivity index (χ2v) is 2.71. The highest BCUT2D eigenvalue weighted by molar-refractivity contribution is 5.90. The van der Waals surface area contributed by atoms with Gasteiger partial charge in [-0.2, -0.15) is 0 Å². The summed E-state index contributed by atoms with van der Waals surface area (Å²) in [6.07, 6.45) is 1.06. The largest absolute Gasteiger partial charge is 0.463 e. The molecule has 0 amide bonds. The molecule has 0 aliphatic rings. The molecule has 0 heterocycles. The second kappa shape index (κ2) is 5.96. The van der Waals surface area contributed by atoms with Crippen LogP contribution in [0.5, 0.6) is 0 Å². The van der Waals surface area contributed by atoms with E-state index in [0.717, 1.165) is 6.26 Å². The van der Waals surface area contributed by atoms with Crippen LogP contribution in [0.25, 0.3) is 0 Å². The number of carbonyl (C=O) groups is 2. The molecule has 0 aromatic rings. The molecule has 0 saturated heterocycles. The van der Waals surface area contributed by atoms with Crippen LogP contribution in [0.4, 0.5) is 0 Å². The van der Waals surface area contributed by atoms with Crippen molar-refractivity contribution in [1.82, 2.24) is 0 Å². The highest BCUT2D eigenvalue weighted by atomic mass is 16.5. The van der Waals surface area contributed by atoms with Crippen LogP contribution in [0.2, 0.25) is 0 Å². The van der Waals surface area contributed by atoms with Gasteiger partial charge < -0.3 is 9.47 Å². The van der Waals surface area contributed by atoms with Gasteiger partial charge in [-0.1, -0.05) is 6.58 Å². The minimum absolute atomic E-state index is 0.237. The van der Waals surface area contributed by atoms with Crippen LogP contribution in [0.15, 0.2) is 24.0 Å². The maximum absolute atomic E-state index is 11.0. The smallest absolute Gasteiger partial charge is 0.337 e. The molecule has 0 unspecified atom stereocenters. The average molecular weight is 198 g/mol. The van der Waals surface area contributed by atoms with Crippen molar-refractivity contribution in [2.75, 3.05) is 6.61 Å². The molecule has 0 aliphatic carbocycles. The summed E-state index contributed by atoms with van der Waals surface area (Å²) >= 11 is 0. The zero-order valence-corrected chi connectivity index (χ0v) is 8.62. The Hall–Kier alpha value is -1.58. The molecule has 0 atom stereocenters. The van der Waals surface area contributed by atoms with E-state index in [1.807, 2.05) is 0 Å². The third-order valence-corrected chi connectivity index (χ3v) is 1.29. The van der Waals surface area contributed by atoms with E-state index in [2.05, 4.69) is 16.1 Å². The Morgan fingerprint density at radius 1 is 1.29 bits per heavy atom. The molecular weight excluding hydrogens is 184 g/mol. The average Bonchev–Trinajstić information content (AvgIpc) is 2.13. The Bertz CT molecular complexity index is 276. The van der Waals surface area contributed by atoms with Gasteiger partial charge in [-0.3, -0.25) is 0 Å². The van der Waals surface area contributed by atoms with Crippen LogP contribution in [0.3, 0.4) is 0 Å². The molecule has 0 spiro atoms. The molecule has 0 fully saturated rings. The Morgan fingerprint density at radius 2 is 1.86 bits per heavy atom. The lowest BCUT2D eigenvalue weighted by Gasteiger charge is -2.01. The van der Waals surface area contributed by atoms with Crippen molar-refractivity contribution in [3.63, 3.8) is 0 Å². The minimum atomic E-state index is -0.561. The molecule has 0 radical (unpaired) electrons. The summed E-state index contributed by atoms with van der Waals surface area (Å²) in [4.78, 5) is 21.9. The number of esters is 2. The third-order valence-electron chi connectivity index (χ3n) is 1.29. The van der Waals surface area contributed by atoms with Crippen LogP contribution in [0, 0.1) is 0 Å². The summed E-state index contributed by atoms with van der Waals surface area (Å²) < 4.78 is 9.31. The van der Waals surface area contributed by atoms with Gasteiger partial charge in [-0.05, 0) is 20.8 Å². The Morgan fingerprint density at radius 3 is 2.29 bits per heavy atom. The number of carbonyl (C=O) groups excluding carboxylic acids is 2. The first-order valence-electron chi connectivity index (χ1n) is 4.19. The van der Waals surface area contributed by atoms with Gasteiger partial charge in [0.05, 0.1) is 12.2 Å². The van der Waals surface area contributed by atoms with E-state index >= 15 is 0 Å². The van der Waals surface area contributed by atoms with E-state index in [1.165, 1.54) is 13.8 Å². The molecule has 0 bridgehead atoms. The second-order valence-electron chi connectivity index (χ2n) is 2.71. The molecule has 0 aliphatic heterocycles. The normalized spacial score (nSPS) is 10.6. The van der Waals surface area contributed by atoms with Crippen molar-refractivity contribution in [3.05, 3.63) is 24.0 Å². The fraction of sp³-hybridized carbons (Fsp3) is 0.400. The predicted octanol–water partition coefficient (Wildman–Crippen LogP) is 1.57. The van der Waals surface area contributed by atoms with Gasteiger partial charge in [0.2, 0.25) is 0 Å². The summed E-state index contributed by atoms with van der Waals surface area (Å²) in [5, 5.41) is 0. The van der Waals surface area contributed by atoms with Gasteiger partial charge in [-0.15, -0.1) is 0 Å². The lowest BCUT2D eigenvalue weighted by molar-refractivity contribution is -0.138. The fourth-order valence-corrected chi connectivity index (χ4v) is 0.536.